The minimum atomic E-state index is -3.81. The van der Waals surface area contributed by atoms with Crippen LogP contribution in [0.15, 0.2) is 59.6 Å². The maximum absolute atomic E-state index is 12.8. The van der Waals surface area contributed by atoms with Gasteiger partial charge in [-0.1, -0.05) is 29.8 Å². The van der Waals surface area contributed by atoms with Gasteiger partial charge in [-0.2, -0.15) is 5.10 Å². The fourth-order valence-corrected chi connectivity index (χ4v) is 3.93. The molecule has 0 fully saturated rings. The number of aromatic carboxylic acids is 1. The minimum Gasteiger partial charge on any atom is -0.476 e. The number of aromatic nitrogens is 2. The Morgan fingerprint density at radius 1 is 1.12 bits per heavy atom. The second-order valence-corrected chi connectivity index (χ2v) is 7.49. The van der Waals surface area contributed by atoms with Gasteiger partial charge < -0.3 is 5.11 Å². The van der Waals surface area contributed by atoms with E-state index in [0.29, 0.717) is 16.9 Å². The molecular weight excluding hydrogens is 354 g/mol. The molecule has 0 radical (unpaired) electrons. The van der Waals surface area contributed by atoms with E-state index in [1.807, 2.05) is 6.92 Å². The topological polar surface area (TPSA) is 101 Å². The van der Waals surface area contributed by atoms with Crippen LogP contribution in [0.3, 0.4) is 0 Å². The van der Waals surface area contributed by atoms with E-state index in [9.17, 15) is 13.2 Å². The van der Waals surface area contributed by atoms with Crippen molar-refractivity contribution in [3.63, 3.8) is 0 Å². The lowest BCUT2D eigenvalue weighted by molar-refractivity contribution is 0.0690. The van der Waals surface area contributed by atoms with Crippen LogP contribution in [-0.4, -0.2) is 29.3 Å². The Morgan fingerprint density at radius 2 is 1.85 bits per heavy atom. The zero-order valence-corrected chi connectivity index (χ0v) is 15.0. The predicted octanol–water partition coefficient (Wildman–Crippen LogP) is 2.99. The molecule has 3 rings (SSSR count). The molecular formula is C18H17N3O4S. The lowest BCUT2D eigenvalue weighted by Gasteiger charge is -2.14. The highest BCUT2D eigenvalue weighted by molar-refractivity contribution is 7.92. The van der Waals surface area contributed by atoms with Gasteiger partial charge in [0.25, 0.3) is 10.0 Å². The molecule has 0 aliphatic heterocycles. The molecule has 2 N–H and O–H groups in total. The molecule has 1 aromatic heterocycles. The van der Waals surface area contributed by atoms with Crippen molar-refractivity contribution < 1.29 is 18.3 Å². The maximum atomic E-state index is 12.8. The maximum Gasteiger partial charge on any atom is 0.356 e. The normalized spacial score (nSPS) is 11.3. The number of sulfonamides is 1. The van der Waals surface area contributed by atoms with Crippen molar-refractivity contribution in [3.8, 4) is 5.69 Å². The molecule has 0 bridgehead atoms. The summed E-state index contributed by atoms with van der Waals surface area (Å²) in [5.74, 6) is -1.16. The summed E-state index contributed by atoms with van der Waals surface area (Å²) in [4.78, 5) is 11.2. The number of carbonyl (C=O) groups is 1. The quantitative estimate of drug-likeness (QED) is 0.718. The van der Waals surface area contributed by atoms with Gasteiger partial charge in [-0.05, 0) is 43.7 Å². The van der Waals surface area contributed by atoms with E-state index in [1.54, 1.807) is 49.4 Å². The second-order valence-electron chi connectivity index (χ2n) is 5.84. The Kier molecular flexibility index (Phi) is 4.52. The zero-order valence-electron chi connectivity index (χ0n) is 14.2. The molecule has 1 heterocycles. The van der Waals surface area contributed by atoms with Crippen LogP contribution in [0.1, 0.15) is 21.6 Å². The van der Waals surface area contributed by atoms with E-state index in [2.05, 4.69) is 9.82 Å². The van der Waals surface area contributed by atoms with E-state index < -0.39 is 16.0 Å². The lowest BCUT2D eigenvalue weighted by atomic mass is 10.2. The van der Waals surface area contributed by atoms with Crippen molar-refractivity contribution in [2.45, 2.75) is 18.7 Å². The fourth-order valence-electron chi connectivity index (χ4n) is 2.63. The summed E-state index contributed by atoms with van der Waals surface area (Å²) in [5, 5.41) is 13.0. The summed E-state index contributed by atoms with van der Waals surface area (Å²) < 4.78 is 29.5. The first-order valence-corrected chi connectivity index (χ1v) is 9.25. The SMILES string of the molecule is Cc1ccc(S(=O)(=O)Nc2ccccc2-n2ccc(C(=O)O)n2)c(C)c1. The minimum absolute atomic E-state index is 0.128. The van der Waals surface area contributed by atoms with Gasteiger partial charge in [0.15, 0.2) is 5.69 Å². The Balaban J connectivity index is 2.01. The number of benzene rings is 2. The summed E-state index contributed by atoms with van der Waals surface area (Å²) in [5.41, 5.74) is 2.21. The van der Waals surface area contributed by atoms with Gasteiger partial charge in [0, 0.05) is 6.20 Å². The van der Waals surface area contributed by atoms with Gasteiger partial charge in [-0.25, -0.2) is 17.9 Å². The molecule has 0 saturated heterocycles. The highest BCUT2D eigenvalue weighted by Gasteiger charge is 2.19. The van der Waals surface area contributed by atoms with Gasteiger partial charge >= 0.3 is 5.97 Å². The smallest absolute Gasteiger partial charge is 0.356 e. The predicted molar refractivity (Wildman–Crippen MR) is 97.2 cm³/mol. The summed E-state index contributed by atoms with van der Waals surface area (Å²) >= 11 is 0. The molecule has 0 saturated carbocycles. The van der Waals surface area contributed by atoms with E-state index in [4.69, 9.17) is 5.11 Å². The Labute approximate surface area is 151 Å². The van der Waals surface area contributed by atoms with Crippen molar-refractivity contribution in [1.82, 2.24) is 9.78 Å². The lowest BCUT2D eigenvalue weighted by Crippen LogP contribution is -2.16. The summed E-state index contributed by atoms with van der Waals surface area (Å²) in [7, 11) is -3.81. The zero-order chi connectivity index (χ0) is 18.9. The fraction of sp³-hybridized carbons (Fsp3) is 0.111. The van der Waals surface area contributed by atoms with Gasteiger partial charge in [0.2, 0.25) is 0 Å². The highest BCUT2D eigenvalue weighted by Crippen LogP contribution is 2.25. The number of carboxylic acid groups (broad SMARTS) is 1. The summed E-state index contributed by atoms with van der Waals surface area (Å²) in [6, 6.07) is 13.1. The standard InChI is InChI=1S/C18H17N3O4S/c1-12-7-8-17(13(2)11-12)26(24,25)20-14-5-3-4-6-16(14)21-10-9-15(19-21)18(22)23/h3-11,20H,1-2H3,(H,22,23). The van der Waals surface area contributed by atoms with Crippen LogP contribution < -0.4 is 4.72 Å². The van der Waals surface area contributed by atoms with Gasteiger partial charge in [-0.15, -0.1) is 0 Å². The van der Waals surface area contributed by atoms with Crippen LogP contribution in [-0.2, 0) is 10.0 Å². The Hall–Kier alpha value is -3.13. The second kappa shape index (κ2) is 6.64. The molecule has 3 aromatic rings. The molecule has 2 aromatic carbocycles. The average Bonchev–Trinajstić information content (AvgIpc) is 3.04. The number of hydrogen-bond acceptors (Lipinski definition) is 4. The Bertz CT molecular complexity index is 1090. The first-order chi connectivity index (χ1) is 12.3. The summed E-state index contributed by atoms with van der Waals surface area (Å²) in [6.45, 7) is 3.63. The molecule has 26 heavy (non-hydrogen) atoms. The monoisotopic (exact) mass is 371 g/mol. The molecule has 7 nitrogen and oxygen atoms in total. The number of rotatable bonds is 5. The van der Waals surface area contributed by atoms with Crippen molar-refractivity contribution in [2.75, 3.05) is 4.72 Å². The first kappa shape index (κ1) is 17.7. The Morgan fingerprint density at radius 3 is 2.50 bits per heavy atom. The van der Waals surface area contributed by atoms with Crippen LogP contribution in [0, 0.1) is 13.8 Å². The van der Waals surface area contributed by atoms with Crippen LogP contribution in [0.25, 0.3) is 5.69 Å². The van der Waals surface area contributed by atoms with Crippen molar-refractivity contribution >= 4 is 21.7 Å². The molecule has 0 aliphatic carbocycles. The van der Waals surface area contributed by atoms with Crippen molar-refractivity contribution in [1.29, 1.82) is 0 Å². The largest absolute Gasteiger partial charge is 0.476 e. The van der Waals surface area contributed by atoms with Gasteiger partial charge in [0.05, 0.1) is 16.3 Å². The summed E-state index contributed by atoms with van der Waals surface area (Å²) in [6.07, 6.45) is 1.47. The van der Waals surface area contributed by atoms with E-state index in [-0.39, 0.29) is 10.6 Å². The molecule has 0 spiro atoms. The van der Waals surface area contributed by atoms with Crippen LogP contribution >= 0.6 is 0 Å². The average molecular weight is 371 g/mol. The molecule has 0 aliphatic rings. The molecule has 0 unspecified atom stereocenters. The van der Waals surface area contributed by atoms with E-state index in [0.717, 1.165) is 5.56 Å². The van der Waals surface area contributed by atoms with Crippen LogP contribution in [0.4, 0.5) is 5.69 Å². The van der Waals surface area contributed by atoms with Gasteiger partial charge in [0.1, 0.15) is 0 Å². The van der Waals surface area contributed by atoms with Crippen molar-refractivity contribution in [3.05, 3.63) is 71.5 Å². The van der Waals surface area contributed by atoms with Crippen LogP contribution in [0.5, 0.6) is 0 Å². The van der Waals surface area contributed by atoms with Gasteiger partial charge in [-0.3, -0.25) is 4.72 Å². The number of nitrogens with one attached hydrogen (secondary N) is 1. The molecule has 0 atom stereocenters. The first-order valence-electron chi connectivity index (χ1n) is 7.76. The number of hydrogen-bond donors (Lipinski definition) is 2. The number of carboxylic acids is 1. The third kappa shape index (κ3) is 3.45. The number of aryl methyl sites for hydroxylation is 2. The number of anilines is 1. The van der Waals surface area contributed by atoms with Crippen molar-refractivity contribution in [2.24, 2.45) is 0 Å². The number of para-hydroxylation sites is 2. The third-order valence-corrected chi connectivity index (χ3v) is 5.35. The number of nitrogens with zero attached hydrogens (tertiary/aromatic N) is 2. The molecule has 134 valence electrons. The van der Waals surface area contributed by atoms with E-state index in [1.165, 1.54) is 16.9 Å². The van der Waals surface area contributed by atoms with Crippen LogP contribution in [0.2, 0.25) is 0 Å². The molecule has 0 amide bonds. The molecule has 8 heteroatoms. The highest BCUT2D eigenvalue weighted by atomic mass is 32.2. The third-order valence-electron chi connectivity index (χ3n) is 3.82. The van der Waals surface area contributed by atoms with E-state index >= 15 is 0 Å².